The predicted molar refractivity (Wildman–Crippen MR) is 116 cm³/mol. The van der Waals surface area contributed by atoms with Gasteiger partial charge in [0.05, 0.1) is 10.8 Å². The molecule has 2 heterocycles. The van der Waals surface area contributed by atoms with Crippen molar-refractivity contribution in [1.82, 2.24) is 9.21 Å². The fourth-order valence-corrected chi connectivity index (χ4v) is 5.20. The van der Waals surface area contributed by atoms with Crippen molar-refractivity contribution in [2.75, 3.05) is 26.2 Å². The molecule has 6 nitrogen and oxygen atoms in total. The molecule has 8 heteroatoms. The first-order valence-corrected chi connectivity index (χ1v) is 11.6. The van der Waals surface area contributed by atoms with Gasteiger partial charge in [-0.1, -0.05) is 54.1 Å². The van der Waals surface area contributed by atoms with Crippen LogP contribution in [0.4, 0.5) is 0 Å². The minimum Gasteiger partial charge on any atom is -0.451 e. The Balaban J connectivity index is 1.40. The Bertz CT molecular complexity index is 1140. The second-order valence-corrected chi connectivity index (χ2v) is 9.45. The molecule has 1 amide bonds. The molecule has 1 aliphatic rings. The maximum Gasteiger partial charge on any atom is 0.289 e. The number of piperazine rings is 1. The lowest BCUT2D eigenvalue weighted by molar-refractivity contribution is 0.0667. The van der Waals surface area contributed by atoms with Crippen LogP contribution >= 0.6 is 11.6 Å². The lowest BCUT2D eigenvalue weighted by Gasteiger charge is -2.33. The average Bonchev–Trinajstić information content (AvgIpc) is 3.24. The molecule has 30 heavy (non-hydrogen) atoms. The molecular weight excluding hydrogens is 424 g/mol. The predicted octanol–water partition coefficient (Wildman–Crippen LogP) is 3.89. The number of carbonyl (C=O) groups is 1. The Kier molecular flexibility index (Phi) is 5.94. The zero-order chi connectivity index (χ0) is 21.1. The zero-order valence-corrected chi connectivity index (χ0v) is 17.8. The van der Waals surface area contributed by atoms with Gasteiger partial charge in [-0.3, -0.25) is 4.79 Å². The van der Waals surface area contributed by atoms with E-state index in [1.165, 1.54) is 4.31 Å². The van der Waals surface area contributed by atoms with Gasteiger partial charge in [-0.25, -0.2) is 8.42 Å². The Morgan fingerprint density at radius 2 is 1.57 bits per heavy atom. The number of hydrogen-bond donors (Lipinski definition) is 0. The smallest absolute Gasteiger partial charge is 0.289 e. The third-order valence-corrected chi connectivity index (χ3v) is 7.25. The summed E-state index contributed by atoms with van der Waals surface area (Å²) in [7, 11) is -3.43. The van der Waals surface area contributed by atoms with Crippen LogP contribution in [0.25, 0.3) is 11.3 Å². The molecule has 4 rings (SSSR count). The van der Waals surface area contributed by atoms with Crippen molar-refractivity contribution in [2.45, 2.75) is 5.75 Å². The van der Waals surface area contributed by atoms with Gasteiger partial charge in [0.15, 0.2) is 5.76 Å². The molecule has 156 valence electrons. The highest BCUT2D eigenvalue weighted by Crippen LogP contribution is 2.29. The van der Waals surface area contributed by atoms with Gasteiger partial charge in [0.2, 0.25) is 10.0 Å². The number of furan rings is 1. The van der Waals surface area contributed by atoms with E-state index >= 15 is 0 Å². The van der Waals surface area contributed by atoms with E-state index in [2.05, 4.69) is 0 Å². The van der Waals surface area contributed by atoms with Crippen molar-refractivity contribution < 1.29 is 17.6 Å². The summed E-state index contributed by atoms with van der Waals surface area (Å²) in [6.45, 7) is 1.15. The average molecular weight is 445 g/mol. The van der Waals surface area contributed by atoms with Crippen LogP contribution in [0.5, 0.6) is 0 Å². The van der Waals surface area contributed by atoms with Gasteiger partial charge in [-0.15, -0.1) is 0 Å². The number of rotatable bonds is 5. The molecule has 1 fully saturated rings. The number of sulfonamides is 1. The van der Waals surface area contributed by atoms with Crippen LogP contribution in [0.2, 0.25) is 5.02 Å². The van der Waals surface area contributed by atoms with E-state index in [0.717, 1.165) is 11.1 Å². The van der Waals surface area contributed by atoms with Gasteiger partial charge in [-0.05, 0) is 29.8 Å². The van der Waals surface area contributed by atoms with Gasteiger partial charge in [0, 0.05) is 31.7 Å². The highest BCUT2D eigenvalue weighted by Gasteiger charge is 2.30. The number of carbonyl (C=O) groups excluding carboxylic acids is 1. The lowest BCUT2D eigenvalue weighted by Crippen LogP contribution is -2.50. The molecule has 0 saturated carbocycles. The minimum absolute atomic E-state index is 0.0405. The van der Waals surface area contributed by atoms with E-state index in [1.54, 1.807) is 35.2 Å². The third kappa shape index (κ3) is 4.43. The molecule has 0 bridgehead atoms. The largest absolute Gasteiger partial charge is 0.451 e. The van der Waals surface area contributed by atoms with Crippen LogP contribution in [0.3, 0.4) is 0 Å². The highest BCUT2D eigenvalue weighted by atomic mass is 35.5. The molecule has 3 aromatic rings. The van der Waals surface area contributed by atoms with E-state index in [0.29, 0.717) is 23.9 Å². The molecular formula is C22H21ClN2O4S. The summed E-state index contributed by atoms with van der Waals surface area (Å²) < 4.78 is 32.5. The van der Waals surface area contributed by atoms with Crippen LogP contribution in [-0.2, 0) is 15.8 Å². The summed E-state index contributed by atoms with van der Waals surface area (Å²) in [5.74, 6) is 0.438. The number of benzene rings is 2. The molecule has 0 N–H and O–H groups in total. The monoisotopic (exact) mass is 444 g/mol. The number of hydrogen-bond acceptors (Lipinski definition) is 4. The Morgan fingerprint density at radius 1 is 0.900 bits per heavy atom. The fourth-order valence-electron chi connectivity index (χ4n) is 3.46. The molecule has 0 unspecified atom stereocenters. The second-order valence-electron chi connectivity index (χ2n) is 7.08. The molecule has 0 radical (unpaired) electrons. The van der Waals surface area contributed by atoms with Crippen molar-refractivity contribution in [3.63, 3.8) is 0 Å². The molecule has 1 saturated heterocycles. The van der Waals surface area contributed by atoms with Crippen molar-refractivity contribution in [3.8, 4) is 11.3 Å². The van der Waals surface area contributed by atoms with Gasteiger partial charge < -0.3 is 9.32 Å². The summed E-state index contributed by atoms with van der Waals surface area (Å²) in [5, 5.41) is 0.545. The molecule has 1 aromatic heterocycles. The topological polar surface area (TPSA) is 70.8 Å². The number of halogens is 1. The van der Waals surface area contributed by atoms with Gasteiger partial charge in [0.1, 0.15) is 5.76 Å². The zero-order valence-electron chi connectivity index (χ0n) is 16.2. The molecule has 0 atom stereocenters. The first kappa shape index (κ1) is 20.7. The van der Waals surface area contributed by atoms with E-state index in [-0.39, 0.29) is 30.5 Å². The van der Waals surface area contributed by atoms with Crippen LogP contribution in [0.15, 0.2) is 71.1 Å². The van der Waals surface area contributed by atoms with Gasteiger partial charge in [-0.2, -0.15) is 4.31 Å². The standard InChI is InChI=1S/C22H21ClN2O4S/c23-19-9-5-4-8-18(19)20-10-11-21(29-20)22(26)24-12-14-25(15-13-24)30(27,28)16-17-6-2-1-3-7-17/h1-11H,12-16H2. The normalized spacial score (nSPS) is 15.3. The van der Waals surface area contributed by atoms with Crippen LogP contribution < -0.4 is 0 Å². The van der Waals surface area contributed by atoms with Crippen LogP contribution in [0.1, 0.15) is 16.1 Å². The van der Waals surface area contributed by atoms with Gasteiger partial charge >= 0.3 is 0 Å². The molecule has 0 aliphatic carbocycles. The summed E-state index contributed by atoms with van der Waals surface area (Å²) in [6, 6.07) is 19.7. The molecule has 0 spiro atoms. The second kappa shape index (κ2) is 8.63. The fraction of sp³-hybridized carbons (Fsp3) is 0.227. The summed E-state index contributed by atoms with van der Waals surface area (Å²) >= 11 is 6.20. The molecule has 2 aromatic carbocycles. The summed E-state index contributed by atoms with van der Waals surface area (Å²) in [6.07, 6.45) is 0. The summed E-state index contributed by atoms with van der Waals surface area (Å²) in [4.78, 5) is 14.4. The quantitative estimate of drug-likeness (QED) is 0.598. The maximum atomic E-state index is 12.8. The van der Waals surface area contributed by atoms with E-state index in [4.69, 9.17) is 16.0 Å². The van der Waals surface area contributed by atoms with Crippen molar-refractivity contribution in [2.24, 2.45) is 0 Å². The van der Waals surface area contributed by atoms with Crippen LogP contribution in [0, 0.1) is 0 Å². The lowest BCUT2D eigenvalue weighted by atomic mass is 10.2. The first-order valence-electron chi connectivity index (χ1n) is 9.60. The van der Waals surface area contributed by atoms with Crippen molar-refractivity contribution in [1.29, 1.82) is 0 Å². The Morgan fingerprint density at radius 3 is 2.27 bits per heavy atom. The highest BCUT2D eigenvalue weighted by molar-refractivity contribution is 7.88. The minimum atomic E-state index is -3.43. The first-order chi connectivity index (χ1) is 14.4. The van der Waals surface area contributed by atoms with E-state index < -0.39 is 10.0 Å². The van der Waals surface area contributed by atoms with Crippen LogP contribution in [-0.4, -0.2) is 49.7 Å². The van der Waals surface area contributed by atoms with Crippen molar-refractivity contribution in [3.05, 3.63) is 83.1 Å². The van der Waals surface area contributed by atoms with E-state index in [1.807, 2.05) is 36.4 Å². The Labute approximate surface area is 180 Å². The number of amides is 1. The van der Waals surface area contributed by atoms with Crippen molar-refractivity contribution >= 4 is 27.5 Å². The molecule has 1 aliphatic heterocycles. The maximum absolute atomic E-state index is 12.8. The van der Waals surface area contributed by atoms with E-state index in [9.17, 15) is 13.2 Å². The summed E-state index contributed by atoms with van der Waals surface area (Å²) in [5.41, 5.74) is 1.47. The number of nitrogens with zero attached hydrogens (tertiary/aromatic N) is 2. The third-order valence-electron chi connectivity index (χ3n) is 5.07. The van der Waals surface area contributed by atoms with Gasteiger partial charge in [0.25, 0.3) is 5.91 Å². The SMILES string of the molecule is O=C(c1ccc(-c2ccccc2Cl)o1)N1CCN(S(=O)(=O)Cc2ccccc2)CC1. The Hall–Kier alpha value is -2.61.